The highest BCUT2D eigenvalue weighted by molar-refractivity contribution is 6.30. The number of benzene rings is 1. The molecule has 0 bridgehead atoms. The molecule has 1 aliphatic carbocycles. The molecule has 18 heavy (non-hydrogen) atoms. The Bertz CT molecular complexity index is 395. The molecule has 0 amide bonds. The Hall–Kier alpha value is -0.570. The average Bonchev–Trinajstić information content (AvgIpc) is 2.24. The van der Waals surface area contributed by atoms with Gasteiger partial charge in [-0.05, 0) is 42.9 Å². The van der Waals surface area contributed by atoms with E-state index in [9.17, 15) is 5.11 Å². The van der Waals surface area contributed by atoms with Crippen molar-refractivity contribution in [2.24, 2.45) is 11.7 Å². The van der Waals surface area contributed by atoms with E-state index in [1.54, 1.807) is 0 Å². The molecular formula is C15H22ClNO. The molecule has 1 saturated carbocycles. The molecule has 1 atom stereocenters. The standard InChI is InChI=1S/C15H22ClNO/c1-10(2)7-14(17)15(8-13(18)9-15)11-3-5-12(16)6-4-11/h3-6,10,13-14,18H,7-9,17H2,1-2H3. The minimum Gasteiger partial charge on any atom is -0.393 e. The van der Waals surface area contributed by atoms with Crippen molar-refractivity contribution in [2.45, 2.75) is 50.7 Å². The van der Waals surface area contributed by atoms with E-state index in [1.807, 2.05) is 12.1 Å². The van der Waals surface area contributed by atoms with Gasteiger partial charge in [0.2, 0.25) is 0 Å². The molecule has 1 unspecified atom stereocenters. The van der Waals surface area contributed by atoms with Crippen molar-refractivity contribution in [1.82, 2.24) is 0 Å². The highest BCUT2D eigenvalue weighted by atomic mass is 35.5. The second-order valence-electron chi connectivity index (χ2n) is 5.96. The van der Waals surface area contributed by atoms with Crippen molar-refractivity contribution in [2.75, 3.05) is 0 Å². The van der Waals surface area contributed by atoms with E-state index in [1.165, 1.54) is 5.56 Å². The zero-order chi connectivity index (χ0) is 13.3. The molecule has 1 aliphatic rings. The Balaban J connectivity index is 2.24. The minimum atomic E-state index is -0.209. The molecule has 1 aromatic rings. The summed E-state index contributed by atoms with van der Waals surface area (Å²) >= 11 is 5.93. The maximum atomic E-state index is 9.70. The van der Waals surface area contributed by atoms with E-state index < -0.39 is 0 Å². The fraction of sp³-hybridized carbons (Fsp3) is 0.600. The predicted octanol–water partition coefficient (Wildman–Crippen LogP) is 3.11. The van der Waals surface area contributed by atoms with Gasteiger partial charge in [-0.15, -0.1) is 0 Å². The summed E-state index contributed by atoms with van der Waals surface area (Å²) in [6.07, 6.45) is 2.30. The Kier molecular flexibility index (Phi) is 4.00. The van der Waals surface area contributed by atoms with Gasteiger partial charge in [0.25, 0.3) is 0 Å². The minimum absolute atomic E-state index is 0.0612. The van der Waals surface area contributed by atoms with Gasteiger partial charge in [-0.25, -0.2) is 0 Å². The van der Waals surface area contributed by atoms with E-state index >= 15 is 0 Å². The lowest BCUT2D eigenvalue weighted by atomic mass is 9.57. The number of halogens is 1. The molecule has 100 valence electrons. The van der Waals surface area contributed by atoms with Crippen molar-refractivity contribution in [3.8, 4) is 0 Å². The summed E-state index contributed by atoms with van der Waals surface area (Å²) in [6, 6.07) is 8.02. The van der Waals surface area contributed by atoms with Gasteiger partial charge in [0.1, 0.15) is 0 Å². The SMILES string of the molecule is CC(C)CC(N)C1(c2ccc(Cl)cc2)CC(O)C1. The lowest BCUT2D eigenvalue weighted by molar-refractivity contribution is 0.000538. The van der Waals surface area contributed by atoms with Crippen molar-refractivity contribution in [3.05, 3.63) is 34.9 Å². The Morgan fingerprint density at radius 1 is 1.33 bits per heavy atom. The summed E-state index contributed by atoms with van der Waals surface area (Å²) in [5.74, 6) is 0.571. The van der Waals surface area contributed by atoms with Crippen LogP contribution in [0.2, 0.25) is 5.02 Å². The van der Waals surface area contributed by atoms with E-state index in [0.29, 0.717) is 5.92 Å². The molecule has 1 fully saturated rings. The molecule has 0 aliphatic heterocycles. The van der Waals surface area contributed by atoms with Crippen LogP contribution in [0.3, 0.4) is 0 Å². The Morgan fingerprint density at radius 3 is 2.33 bits per heavy atom. The first kappa shape index (κ1) is 13.9. The lowest BCUT2D eigenvalue weighted by Gasteiger charge is -2.50. The largest absolute Gasteiger partial charge is 0.393 e. The van der Waals surface area contributed by atoms with Crippen LogP contribution in [0.4, 0.5) is 0 Å². The Morgan fingerprint density at radius 2 is 1.89 bits per heavy atom. The number of hydrogen-bond acceptors (Lipinski definition) is 2. The van der Waals surface area contributed by atoms with Gasteiger partial charge in [-0.2, -0.15) is 0 Å². The molecule has 0 spiro atoms. The molecule has 2 nitrogen and oxygen atoms in total. The fourth-order valence-electron chi connectivity index (χ4n) is 3.05. The van der Waals surface area contributed by atoms with Crippen LogP contribution in [0.1, 0.15) is 38.7 Å². The van der Waals surface area contributed by atoms with Crippen LogP contribution in [0, 0.1) is 5.92 Å². The van der Waals surface area contributed by atoms with E-state index in [-0.39, 0.29) is 17.6 Å². The van der Waals surface area contributed by atoms with Gasteiger partial charge in [-0.3, -0.25) is 0 Å². The summed E-state index contributed by atoms with van der Waals surface area (Å²) in [5.41, 5.74) is 7.56. The third-order valence-electron chi connectivity index (χ3n) is 4.05. The van der Waals surface area contributed by atoms with Gasteiger partial charge in [0.15, 0.2) is 0 Å². The molecule has 0 radical (unpaired) electrons. The average molecular weight is 268 g/mol. The van der Waals surface area contributed by atoms with Crippen LogP contribution in [-0.4, -0.2) is 17.3 Å². The van der Waals surface area contributed by atoms with Gasteiger partial charge < -0.3 is 10.8 Å². The zero-order valence-electron chi connectivity index (χ0n) is 11.1. The molecule has 3 N–H and O–H groups in total. The van der Waals surface area contributed by atoms with E-state index in [4.69, 9.17) is 17.3 Å². The molecule has 1 aromatic carbocycles. The van der Waals surface area contributed by atoms with Crippen LogP contribution in [0.15, 0.2) is 24.3 Å². The smallest absolute Gasteiger partial charge is 0.0558 e. The molecular weight excluding hydrogens is 246 g/mol. The van der Waals surface area contributed by atoms with Crippen LogP contribution >= 0.6 is 11.6 Å². The fourth-order valence-corrected chi connectivity index (χ4v) is 3.17. The molecule has 0 heterocycles. The van der Waals surface area contributed by atoms with Crippen LogP contribution in [0.5, 0.6) is 0 Å². The van der Waals surface area contributed by atoms with Crippen molar-refractivity contribution in [1.29, 1.82) is 0 Å². The van der Waals surface area contributed by atoms with Gasteiger partial charge >= 0.3 is 0 Å². The van der Waals surface area contributed by atoms with Gasteiger partial charge in [0.05, 0.1) is 6.10 Å². The first-order valence-electron chi connectivity index (χ1n) is 6.64. The van der Waals surface area contributed by atoms with E-state index in [0.717, 1.165) is 24.3 Å². The highest BCUT2D eigenvalue weighted by Crippen LogP contribution is 2.47. The van der Waals surface area contributed by atoms with Gasteiger partial charge in [-0.1, -0.05) is 37.6 Å². The molecule has 0 saturated heterocycles. The monoisotopic (exact) mass is 267 g/mol. The van der Waals surface area contributed by atoms with Crippen LogP contribution < -0.4 is 5.73 Å². The third kappa shape index (κ3) is 2.56. The second-order valence-corrected chi connectivity index (χ2v) is 6.40. The van der Waals surface area contributed by atoms with Crippen molar-refractivity contribution >= 4 is 11.6 Å². The predicted molar refractivity (Wildman–Crippen MR) is 75.8 cm³/mol. The van der Waals surface area contributed by atoms with Crippen LogP contribution in [-0.2, 0) is 5.41 Å². The summed E-state index contributed by atoms with van der Waals surface area (Å²) in [7, 11) is 0. The highest BCUT2D eigenvalue weighted by Gasteiger charge is 2.48. The van der Waals surface area contributed by atoms with Crippen LogP contribution in [0.25, 0.3) is 0 Å². The maximum absolute atomic E-state index is 9.70. The normalized spacial score (nSPS) is 29.1. The first-order valence-corrected chi connectivity index (χ1v) is 7.01. The van der Waals surface area contributed by atoms with Crippen molar-refractivity contribution < 1.29 is 5.11 Å². The maximum Gasteiger partial charge on any atom is 0.0558 e. The number of rotatable bonds is 4. The number of nitrogens with two attached hydrogens (primary N) is 1. The lowest BCUT2D eigenvalue weighted by Crippen LogP contribution is -2.56. The zero-order valence-corrected chi connectivity index (χ0v) is 11.8. The summed E-state index contributed by atoms with van der Waals surface area (Å²) in [6.45, 7) is 4.37. The summed E-state index contributed by atoms with van der Waals surface area (Å²) in [5, 5.41) is 10.4. The first-order chi connectivity index (χ1) is 8.44. The summed E-state index contributed by atoms with van der Waals surface area (Å²) < 4.78 is 0. The quantitative estimate of drug-likeness (QED) is 0.881. The molecule has 3 heteroatoms. The number of aliphatic hydroxyl groups excluding tert-OH is 1. The number of aliphatic hydroxyl groups is 1. The van der Waals surface area contributed by atoms with E-state index in [2.05, 4.69) is 26.0 Å². The van der Waals surface area contributed by atoms with Crippen molar-refractivity contribution in [3.63, 3.8) is 0 Å². The summed E-state index contributed by atoms with van der Waals surface area (Å²) in [4.78, 5) is 0. The third-order valence-corrected chi connectivity index (χ3v) is 4.31. The Labute approximate surface area is 114 Å². The number of hydrogen-bond donors (Lipinski definition) is 2. The second kappa shape index (κ2) is 5.20. The molecule has 2 rings (SSSR count). The topological polar surface area (TPSA) is 46.2 Å². The molecule has 0 aromatic heterocycles. The van der Waals surface area contributed by atoms with Gasteiger partial charge in [0, 0.05) is 16.5 Å².